The Morgan fingerprint density at radius 1 is 1.06 bits per heavy atom. The van der Waals surface area contributed by atoms with Crippen molar-refractivity contribution in [3.05, 3.63) is 59.7 Å². The average molecular weight is 449 g/mol. The molecular formula is C27H32N2O4. The minimum absolute atomic E-state index is 0.0312. The molecule has 1 fully saturated rings. The molecule has 4 rings (SSSR count). The van der Waals surface area contributed by atoms with Gasteiger partial charge in [0.15, 0.2) is 0 Å². The van der Waals surface area contributed by atoms with Crippen LogP contribution in [0.5, 0.6) is 11.5 Å². The molecule has 0 radical (unpaired) electrons. The first-order valence-electron chi connectivity index (χ1n) is 11.9. The number of amides is 2. The summed E-state index contributed by atoms with van der Waals surface area (Å²) in [6.07, 6.45) is 6.84. The van der Waals surface area contributed by atoms with Gasteiger partial charge in [0.1, 0.15) is 11.5 Å². The highest BCUT2D eigenvalue weighted by molar-refractivity contribution is 6.25. The minimum atomic E-state index is -0.180. The van der Waals surface area contributed by atoms with E-state index in [2.05, 4.69) is 5.32 Å². The number of rotatable bonds is 9. The predicted molar refractivity (Wildman–Crippen MR) is 129 cm³/mol. The lowest BCUT2D eigenvalue weighted by molar-refractivity contribution is -0.132. The zero-order valence-corrected chi connectivity index (χ0v) is 19.2. The summed E-state index contributed by atoms with van der Waals surface area (Å²) in [6, 6.07) is 15.4. The summed E-state index contributed by atoms with van der Waals surface area (Å²) in [6.45, 7) is 3.60. The number of carbonyl (C=O) groups excluding carboxylic acids is 2. The van der Waals surface area contributed by atoms with E-state index in [1.807, 2.05) is 61.5 Å². The third kappa shape index (κ3) is 5.82. The maximum absolute atomic E-state index is 13.8. The second-order valence-electron chi connectivity index (χ2n) is 8.52. The monoisotopic (exact) mass is 448 g/mol. The first kappa shape index (κ1) is 23.1. The van der Waals surface area contributed by atoms with E-state index in [1.165, 1.54) is 0 Å². The lowest BCUT2D eigenvalue weighted by Crippen LogP contribution is -2.44. The molecule has 2 amide bonds. The number of hydrogen-bond donors (Lipinski definition) is 1. The van der Waals surface area contributed by atoms with Crippen LogP contribution in [0.3, 0.4) is 0 Å². The van der Waals surface area contributed by atoms with Crippen molar-refractivity contribution in [1.82, 2.24) is 10.2 Å². The van der Waals surface area contributed by atoms with Crippen LogP contribution in [0.2, 0.25) is 0 Å². The summed E-state index contributed by atoms with van der Waals surface area (Å²) in [5.74, 6) is 1.05. The highest BCUT2D eigenvalue weighted by Crippen LogP contribution is 2.38. The number of nitrogens with one attached hydrogen (secondary N) is 1. The predicted octanol–water partition coefficient (Wildman–Crippen LogP) is 4.65. The summed E-state index contributed by atoms with van der Waals surface area (Å²) in [7, 11) is 0. The van der Waals surface area contributed by atoms with Crippen LogP contribution in [0.1, 0.15) is 50.2 Å². The number of para-hydroxylation sites is 2. The van der Waals surface area contributed by atoms with Crippen LogP contribution in [-0.2, 0) is 14.3 Å². The summed E-state index contributed by atoms with van der Waals surface area (Å²) in [5, 5.41) is 3.11. The average Bonchev–Trinajstić information content (AvgIpc) is 3.27. The number of benzene rings is 2. The van der Waals surface area contributed by atoms with Crippen LogP contribution in [0.25, 0.3) is 11.6 Å². The number of carbonyl (C=O) groups is 2. The molecule has 33 heavy (non-hydrogen) atoms. The highest BCUT2D eigenvalue weighted by Gasteiger charge is 2.27. The van der Waals surface area contributed by atoms with Crippen molar-refractivity contribution in [2.24, 2.45) is 0 Å². The van der Waals surface area contributed by atoms with Crippen LogP contribution in [-0.4, -0.2) is 49.1 Å². The topological polar surface area (TPSA) is 67.9 Å². The Kier molecular flexibility index (Phi) is 7.79. The first-order chi connectivity index (χ1) is 16.2. The molecule has 0 spiro atoms. The van der Waals surface area contributed by atoms with Crippen LogP contribution in [0.15, 0.2) is 48.5 Å². The summed E-state index contributed by atoms with van der Waals surface area (Å²) >= 11 is 0. The van der Waals surface area contributed by atoms with Crippen molar-refractivity contribution >= 4 is 23.5 Å². The van der Waals surface area contributed by atoms with Gasteiger partial charge in [-0.3, -0.25) is 9.59 Å². The van der Waals surface area contributed by atoms with E-state index in [1.54, 1.807) is 4.90 Å². The Bertz CT molecular complexity index is 1010. The molecule has 0 bridgehead atoms. The van der Waals surface area contributed by atoms with E-state index in [9.17, 15) is 9.59 Å². The maximum Gasteiger partial charge on any atom is 0.255 e. The first-order valence-corrected chi connectivity index (χ1v) is 11.9. The Morgan fingerprint density at radius 2 is 1.79 bits per heavy atom. The van der Waals surface area contributed by atoms with E-state index in [0.29, 0.717) is 43.3 Å². The second kappa shape index (κ2) is 11.1. The van der Waals surface area contributed by atoms with Gasteiger partial charge in [-0.15, -0.1) is 0 Å². The lowest BCUT2D eigenvalue weighted by Gasteiger charge is -2.25. The van der Waals surface area contributed by atoms with Gasteiger partial charge in [0.05, 0.1) is 12.1 Å². The van der Waals surface area contributed by atoms with E-state index >= 15 is 0 Å². The standard InChI is InChI=1S/C27H32N2O4/c1-2-32-17-9-16-29(19-26(30)28-21-11-4-5-12-21)27(31)23-18-20-10-3-7-14-24(20)33-25-15-8-6-13-22(23)25/h3,6-8,10,13-15,18,21H,2,4-5,9,11-12,16-17,19H2,1H3,(H,28,30). The molecule has 6 heteroatoms. The van der Waals surface area contributed by atoms with E-state index in [0.717, 1.165) is 36.8 Å². The largest absolute Gasteiger partial charge is 0.456 e. The molecule has 1 N–H and O–H groups in total. The fourth-order valence-corrected chi connectivity index (χ4v) is 4.44. The molecule has 1 heterocycles. The third-order valence-electron chi connectivity index (χ3n) is 6.11. The summed E-state index contributed by atoms with van der Waals surface area (Å²) in [5.41, 5.74) is 2.09. The minimum Gasteiger partial charge on any atom is -0.456 e. The number of hydrogen-bond acceptors (Lipinski definition) is 4. The Hall–Kier alpha value is -3.12. The van der Waals surface area contributed by atoms with Gasteiger partial charge in [-0.2, -0.15) is 0 Å². The molecule has 0 atom stereocenters. The fourth-order valence-electron chi connectivity index (χ4n) is 4.44. The zero-order chi connectivity index (χ0) is 23.0. The molecule has 174 valence electrons. The van der Waals surface area contributed by atoms with Crippen molar-refractivity contribution in [2.75, 3.05) is 26.3 Å². The molecular weight excluding hydrogens is 416 g/mol. The Labute approximate surface area is 195 Å². The van der Waals surface area contributed by atoms with Crippen LogP contribution in [0.4, 0.5) is 0 Å². The SMILES string of the molecule is CCOCCCN(CC(=O)NC1CCCC1)C(=O)C1=Cc2ccccc2Oc2ccccc21. The number of fused-ring (bicyclic) bond motifs is 2. The molecule has 0 unspecified atom stereocenters. The van der Waals surface area contributed by atoms with Gasteiger partial charge < -0.3 is 19.7 Å². The number of nitrogens with zero attached hydrogens (tertiary/aromatic N) is 1. The van der Waals surface area contributed by atoms with Gasteiger partial charge in [0.2, 0.25) is 5.91 Å². The fraction of sp³-hybridized carbons (Fsp3) is 0.407. The molecule has 0 saturated heterocycles. The van der Waals surface area contributed by atoms with Crippen LogP contribution in [0, 0.1) is 0 Å². The molecule has 2 aromatic rings. The summed E-state index contributed by atoms with van der Waals surface area (Å²) in [4.78, 5) is 28.3. The molecule has 2 aromatic carbocycles. The third-order valence-corrected chi connectivity index (χ3v) is 6.11. The van der Waals surface area contributed by atoms with Crippen LogP contribution < -0.4 is 10.1 Å². The number of ether oxygens (including phenoxy) is 2. The lowest BCUT2D eigenvalue weighted by atomic mass is 10.0. The molecule has 1 aliphatic heterocycles. The van der Waals surface area contributed by atoms with Gasteiger partial charge in [-0.05, 0) is 44.4 Å². The van der Waals surface area contributed by atoms with Gasteiger partial charge in [-0.1, -0.05) is 49.2 Å². The van der Waals surface area contributed by atoms with Crippen molar-refractivity contribution in [3.8, 4) is 11.5 Å². The van der Waals surface area contributed by atoms with E-state index < -0.39 is 0 Å². The van der Waals surface area contributed by atoms with Gasteiger partial charge in [0.25, 0.3) is 5.91 Å². The normalized spacial score (nSPS) is 15.0. The quantitative estimate of drug-likeness (QED) is 0.567. The second-order valence-corrected chi connectivity index (χ2v) is 8.52. The van der Waals surface area contributed by atoms with E-state index in [-0.39, 0.29) is 24.4 Å². The van der Waals surface area contributed by atoms with Gasteiger partial charge >= 0.3 is 0 Å². The van der Waals surface area contributed by atoms with Gasteiger partial charge in [-0.25, -0.2) is 0 Å². The maximum atomic E-state index is 13.8. The Balaban J connectivity index is 1.60. The van der Waals surface area contributed by atoms with Crippen LogP contribution >= 0.6 is 0 Å². The van der Waals surface area contributed by atoms with Crippen molar-refractivity contribution in [1.29, 1.82) is 0 Å². The molecule has 2 aliphatic rings. The molecule has 0 aromatic heterocycles. The van der Waals surface area contributed by atoms with Crippen molar-refractivity contribution in [3.63, 3.8) is 0 Å². The molecule has 6 nitrogen and oxygen atoms in total. The van der Waals surface area contributed by atoms with Crippen molar-refractivity contribution < 1.29 is 19.1 Å². The smallest absolute Gasteiger partial charge is 0.255 e. The van der Waals surface area contributed by atoms with Crippen molar-refractivity contribution in [2.45, 2.75) is 45.1 Å². The Morgan fingerprint density at radius 3 is 2.58 bits per heavy atom. The highest BCUT2D eigenvalue weighted by atomic mass is 16.5. The molecule has 1 saturated carbocycles. The van der Waals surface area contributed by atoms with Gasteiger partial charge in [0, 0.05) is 36.9 Å². The zero-order valence-electron chi connectivity index (χ0n) is 19.2. The summed E-state index contributed by atoms with van der Waals surface area (Å²) < 4.78 is 11.6. The van der Waals surface area contributed by atoms with E-state index in [4.69, 9.17) is 9.47 Å². The molecule has 1 aliphatic carbocycles.